The highest BCUT2D eigenvalue weighted by atomic mass is 16.5. The molecule has 2 N–H and O–H groups in total. The van der Waals surface area contributed by atoms with Gasteiger partial charge in [0.25, 0.3) is 5.56 Å². The summed E-state index contributed by atoms with van der Waals surface area (Å²) in [5.41, 5.74) is 0.588. The average molecular weight is 386 g/mol. The minimum absolute atomic E-state index is 0.264. The van der Waals surface area contributed by atoms with Gasteiger partial charge in [0.1, 0.15) is 22.7 Å². The Balaban J connectivity index is 2.10. The number of H-pyrrole nitrogens is 1. The van der Waals surface area contributed by atoms with Gasteiger partial charge in [-0.2, -0.15) is 0 Å². The molecule has 28 heavy (non-hydrogen) atoms. The predicted molar refractivity (Wildman–Crippen MR) is 101 cm³/mol. The van der Waals surface area contributed by atoms with Crippen LogP contribution in [0.25, 0.3) is 22.3 Å². The number of aromatic amines is 1. The Morgan fingerprint density at radius 1 is 1.04 bits per heavy atom. The van der Waals surface area contributed by atoms with Gasteiger partial charge < -0.3 is 29.0 Å². The molecular formula is C19H18N2O7. The van der Waals surface area contributed by atoms with Crippen LogP contribution in [0.4, 0.5) is 0 Å². The van der Waals surface area contributed by atoms with Crippen LogP contribution < -0.4 is 24.5 Å². The zero-order chi connectivity index (χ0) is 20.3. The molecule has 0 saturated heterocycles. The minimum atomic E-state index is -1.10. The number of carbonyl (C=O) groups is 1. The Bertz CT molecular complexity index is 1090. The van der Waals surface area contributed by atoms with Crippen LogP contribution in [0.5, 0.6) is 23.0 Å². The van der Waals surface area contributed by atoms with Crippen LogP contribution in [0.3, 0.4) is 0 Å². The maximum atomic E-state index is 12.6. The minimum Gasteiger partial charge on any atom is -0.497 e. The van der Waals surface area contributed by atoms with Crippen LogP contribution in [0.15, 0.2) is 35.1 Å². The summed E-state index contributed by atoms with van der Waals surface area (Å²) in [6.45, 7) is -0.500. The number of hydrogen-bond acceptors (Lipinski definition) is 7. The van der Waals surface area contributed by atoms with Gasteiger partial charge in [0.2, 0.25) is 0 Å². The molecular weight excluding hydrogens is 368 g/mol. The lowest BCUT2D eigenvalue weighted by atomic mass is 10.1. The standard InChI is InChI=1S/C19H18N2O7/c1-25-11-7-12-17(15(8-11)27-3)19(24)21-18(20-12)10-4-5-13(14(6-10)26-2)28-9-16(22)23/h4-8H,9H2,1-3H3,(H,22,23)(H,20,21,24). The molecule has 0 aliphatic carbocycles. The molecule has 0 aliphatic rings. The van der Waals surface area contributed by atoms with Gasteiger partial charge in [-0.05, 0) is 18.2 Å². The number of methoxy groups -OCH3 is 3. The SMILES string of the molecule is COc1cc(OC)c2c(=O)[nH]c(-c3ccc(OCC(=O)O)c(OC)c3)nc2c1. The van der Waals surface area contributed by atoms with Crippen molar-refractivity contribution in [1.29, 1.82) is 0 Å². The second-order valence-electron chi connectivity index (χ2n) is 5.69. The molecule has 0 radical (unpaired) electrons. The molecule has 3 aromatic rings. The summed E-state index contributed by atoms with van der Waals surface area (Å²) in [5, 5.41) is 9.06. The topological polar surface area (TPSA) is 120 Å². The lowest BCUT2D eigenvalue weighted by molar-refractivity contribution is -0.139. The van der Waals surface area contributed by atoms with Gasteiger partial charge >= 0.3 is 5.97 Å². The fraction of sp³-hybridized carbons (Fsp3) is 0.211. The lowest BCUT2D eigenvalue weighted by Gasteiger charge is -2.12. The van der Waals surface area contributed by atoms with Crippen molar-refractivity contribution in [2.75, 3.05) is 27.9 Å². The van der Waals surface area contributed by atoms with Gasteiger partial charge in [-0.3, -0.25) is 4.79 Å². The Hall–Kier alpha value is -3.75. The molecule has 0 amide bonds. The van der Waals surface area contributed by atoms with Crippen molar-refractivity contribution in [2.24, 2.45) is 0 Å². The number of nitrogens with zero attached hydrogens (tertiary/aromatic N) is 1. The second-order valence-corrected chi connectivity index (χ2v) is 5.69. The molecule has 0 atom stereocenters. The number of aliphatic carboxylic acids is 1. The van der Waals surface area contributed by atoms with E-state index in [0.717, 1.165) is 0 Å². The number of carboxylic acids is 1. The van der Waals surface area contributed by atoms with E-state index < -0.39 is 12.6 Å². The Kier molecular flexibility index (Phi) is 5.35. The summed E-state index contributed by atoms with van der Waals surface area (Å²) in [4.78, 5) is 30.5. The number of rotatable bonds is 7. The molecule has 0 saturated carbocycles. The van der Waals surface area contributed by atoms with Crippen LogP contribution in [0.2, 0.25) is 0 Å². The van der Waals surface area contributed by atoms with Crippen molar-refractivity contribution in [2.45, 2.75) is 0 Å². The quantitative estimate of drug-likeness (QED) is 0.633. The van der Waals surface area contributed by atoms with Gasteiger partial charge in [-0.25, -0.2) is 9.78 Å². The van der Waals surface area contributed by atoms with Crippen molar-refractivity contribution in [3.05, 3.63) is 40.7 Å². The molecule has 0 fully saturated rings. The van der Waals surface area contributed by atoms with Crippen molar-refractivity contribution in [3.8, 4) is 34.4 Å². The molecule has 0 unspecified atom stereocenters. The van der Waals surface area contributed by atoms with Crippen LogP contribution >= 0.6 is 0 Å². The molecule has 146 valence electrons. The Morgan fingerprint density at radius 3 is 2.43 bits per heavy atom. The first-order valence-electron chi connectivity index (χ1n) is 8.16. The first-order chi connectivity index (χ1) is 13.5. The first kappa shape index (κ1) is 19.0. The molecule has 3 rings (SSSR count). The molecule has 0 aliphatic heterocycles. The van der Waals surface area contributed by atoms with Crippen LogP contribution in [-0.4, -0.2) is 49.0 Å². The predicted octanol–water partition coefficient (Wildman–Crippen LogP) is 2.08. The number of nitrogens with one attached hydrogen (secondary N) is 1. The van der Waals surface area contributed by atoms with Gasteiger partial charge in [0.15, 0.2) is 18.1 Å². The smallest absolute Gasteiger partial charge is 0.341 e. The number of carboxylic acid groups (broad SMARTS) is 1. The average Bonchev–Trinajstić information content (AvgIpc) is 2.70. The third-order valence-electron chi connectivity index (χ3n) is 3.99. The number of benzene rings is 2. The highest BCUT2D eigenvalue weighted by molar-refractivity contribution is 5.87. The van der Waals surface area contributed by atoms with Gasteiger partial charge in [0, 0.05) is 17.7 Å². The van der Waals surface area contributed by atoms with E-state index in [1.165, 1.54) is 21.3 Å². The largest absolute Gasteiger partial charge is 0.497 e. The number of ether oxygens (including phenoxy) is 4. The second kappa shape index (κ2) is 7.87. The van der Waals surface area contributed by atoms with E-state index >= 15 is 0 Å². The van der Waals surface area contributed by atoms with Crippen molar-refractivity contribution in [1.82, 2.24) is 9.97 Å². The molecule has 9 nitrogen and oxygen atoms in total. The summed E-state index contributed by atoms with van der Waals surface area (Å²) in [7, 11) is 4.40. The zero-order valence-electron chi connectivity index (χ0n) is 15.4. The summed E-state index contributed by atoms with van der Waals surface area (Å²) < 4.78 is 20.9. The molecule has 9 heteroatoms. The van der Waals surface area contributed by atoms with E-state index in [-0.39, 0.29) is 11.3 Å². The van der Waals surface area contributed by atoms with Crippen molar-refractivity contribution < 1.29 is 28.8 Å². The van der Waals surface area contributed by atoms with Crippen LogP contribution in [0.1, 0.15) is 0 Å². The third kappa shape index (κ3) is 3.68. The number of fused-ring (bicyclic) bond motifs is 1. The Morgan fingerprint density at radius 2 is 1.79 bits per heavy atom. The molecule has 1 heterocycles. The third-order valence-corrected chi connectivity index (χ3v) is 3.99. The Labute approximate surface area is 159 Å². The van der Waals surface area contributed by atoms with Gasteiger partial charge in [0.05, 0.1) is 26.8 Å². The van der Waals surface area contributed by atoms with Crippen LogP contribution in [0, 0.1) is 0 Å². The lowest BCUT2D eigenvalue weighted by Crippen LogP contribution is -2.11. The monoisotopic (exact) mass is 386 g/mol. The molecule has 2 aromatic carbocycles. The fourth-order valence-corrected chi connectivity index (χ4v) is 2.70. The van der Waals surface area contributed by atoms with E-state index in [1.54, 1.807) is 30.3 Å². The van der Waals surface area contributed by atoms with E-state index in [1.807, 2.05) is 0 Å². The maximum Gasteiger partial charge on any atom is 0.341 e. The molecule has 0 bridgehead atoms. The van der Waals surface area contributed by atoms with Crippen LogP contribution in [-0.2, 0) is 4.79 Å². The summed E-state index contributed by atoms with van der Waals surface area (Å²) >= 11 is 0. The van der Waals surface area contributed by atoms with Crippen molar-refractivity contribution >= 4 is 16.9 Å². The summed E-state index contributed by atoms with van der Waals surface area (Å²) in [6, 6.07) is 8.03. The van der Waals surface area contributed by atoms with E-state index in [2.05, 4.69) is 9.97 Å². The highest BCUT2D eigenvalue weighted by Gasteiger charge is 2.15. The maximum absolute atomic E-state index is 12.6. The van der Waals surface area contributed by atoms with Gasteiger partial charge in [-0.15, -0.1) is 0 Å². The zero-order valence-corrected chi connectivity index (χ0v) is 15.4. The van der Waals surface area contributed by atoms with E-state index in [0.29, 0.717) is 39.5 Å². The summed E-state index contributed by atoms with van der Waals surface area (Å²) in [5.74, 6) is 0.628. The van der Waals surface area contributed by atoms with Gasteiger partial charge in [-0.1, -0.05) is 0 Å². The normalized spacial score (nSPS) is 10.5. The first-order valence-corrected chi connectivity index (χ1v) is 8.16. The highest BCUT2D eigenvalue weighted by Crippen LogP contribution is 2.33. The molecule has 0 spiro atoms. The number of aromatic nitrogens is 2. The molecule has 1 aromatic heterocycles. The van der Waals surface area contributed by atoms with Crippen molar-refractivity contribution in [3.63, 3.8) is 0 Å². The number of hydrogen-bond donors (Lipinski definition) is 2. The van der Waals surface area contributed by atoms with E-state index in [9.17, 15) is 9.59 Å². The van der Waals surface area contributed by atoms with E-state index in [4.69, 9.17) is 24.1 Å². The summed E-state index contributed by atoms with van der Waals surface area (Å²) in [6.07, 6.45) is 0. The fourth-order valence-electron chi connectivity index (χ4n) is 2.70.